The molecule has 20 heavy (non-hydrogen) atoms. The van der Waals surface area contributed by atoms with Gasteiger partial charge in [0.05, 0.1) is 12.3 Å². The number of aromatic nitrogens is 1. The maximum absolute atomic E-state index is 10.8. The zero-order valence-electron chi connectivity index (χ0n) is 11.8. The van der Waals surface area contributed by atoms with E-state index in [-0.39, 0.29) is 6.10 Å². The van der Waals surface area contributed by atoms with Gasteiger partial charge in [0.2, 0.25) is 0 Å². The van der Waals surface area contributed by atoms with Crippen LogP contribution in [0.4, 0.5) is 0 Å². The number of benzene rings is 1. The quantitative estimate of drug-likeness (QED) is 0.932. The van der Waals surface area contributed by atoms with Crippen molar-refractivity contribution in [2.75, 3.05) is 0 Å². The molecule has 1 heterocycles. The molecule has 0 radical (unpaired) electrons. The van der Waals surface area contributed by atoms with E-state index in [1.165, 1.54) is 0 Å². The van der Waals surface area contributed by atoms with E-state index in [0.29, 0.717) is 21.9 Å². The number of aliphatic hydroxyl groups is 1. The molecule has 0 aliphatic heterocycles. The van der Waals surface area contributed by atoms with Crippen LogP contribution in [0.3, 0.4) is 0 Å². The van der Waals surface area contributed by atoms with Gasteiger partial charge in [0.15, 0.2) is 0 Å². The Morgan fingerprint density at radius 3 is 2.60 bits per heavy atom. The molecule has 0 saturated heterocycles. The molecule has 0 amide bonds. The fourth-order valence-electron chi connectivity index (χ4n) is 1.98. The molecule has 1 unspecified atom stereocenters. The molecule has 106 valence electrons. The van der Waals surface area contributed by atoms with Gasteiger partial charge in [-0.2, -0.15) is 0 Å². The lowest BCUT2D eigenvalue weighted by Gasteiger charge is -2.25. The second kappa shape index (κ2) is 5.81. The predicted octanol–water partition coefficient (Wildman–Crippen LogP) is 3.78. The Balaban J connectivity index is 2.38. The van der Waals surface area contributed by atoms with Crippen LogP contribution in [0.2, 0.25) is 5.02 Å². The first-order chi connectivity index (χ1) is 9.39. The molecule has 0 saturated carbocycles. The highest BCUT2D eigenvalue weighted by molar-refractivity contribution is 6.30. The Bertz CT molecular complexity index is 597. The summed E-state index contributed by atoms with van der Waals surface area (Å²) in [6.07, 6.45) is 3.33. The highest BCUT2D eigenvalue weighted by atomic mass is 35.5. The molecule has 0 bridgehead atoms. The van der Waals surface area contributed by atoms with Gasteiger partial charge in [0, 0.05) is 16.8 Å². The smallest absolute Gasteiger partial charge is 0.138 e. The van der Waals surface area contributed by atoms with Crippen LogP contribution in [0.25, 0.3) is 0 Å². The van der Waals surface area contributed by atoms with Gasteiger partial charge in [-0.05, 0) is 44.5 Å². The maximum Gasteiger partial charge on any atom is 0.138 e. The van der Waals surface area contributed by atoms with E-state index in [9.17, 15) is 5.11 Å². The molecule has 3 nitrogen and oxygen atoms in total. The van der Waals surface area contributed by atoms with Gasteiger partial charge in [-0.1, -0.05) is 23.7 Å². The van der Waals surface area contributed by atoms with E-state index in [4.69, 9.17) is 16.3 Å². The van der Waals surface area contributed by atoms with Gasteiger partial charge in [0.25, 0.3) is 0 Å². The Hall–Kier alpha value is -1.58. The van der Waals surface area contributed by atoms with Crippen molar-refractivity contribution in [3.05, 3.63) is 58.9 Å². The lowest BCUT2D eigenvalue weighted by molar-refractivity contribution is 0.101. The van der Waals surface area contributed by atoms with Crippen molar-refractivity contribution >= 4 is 11.6 Å². The Kier molecular flexibility index (Phi) is 4.31. The largest absolute Gasteiger partial charge is 0.489 e. The minimum Gasteiger partial charge on any atom is -0.489 e. The second-order valence-electron chi connectivity index (χ2n) is 5.16. The summed E-state index contributed by atoms with van der Waals surface area (Å²) < 4.78 is 5.61. The van der Waals surface area contributed by atoms with Crippen LogP contribution in [0.5, 0.6) is 5.75 Å². The van der Waals surface area contributed by atoms with Crippen molar-refractivity contribution in [2.45, 2.75) is 32.5 Å². The van der Waals surface area contributed by atoms with Crippen LogP contribution in [-0.4, -0.2) is 16.2 Å². The van der Waals surface area contributed by atoms with Crippen LogP contribution in [0, 0.1) is 0 Å². The van der Waals surface area contributed by atoms with Gasteiger partial charge in [0.1, 0.15) is 11.4 Å². The number of hydrogen-bond acceptors (Lipinski definition) is 3. The standard InChI is InChI=1S/C16H18ClNO2/c1-11(2)20-15-8-13(9-18-10-15)16(3,19)12-5-4-6-14(17)7-12/h4-11,19H,1-3H3. The first-order valence-electron chi connectivity index (χ1n) is 6.50. The molecule has 0 aliphatic rings. The highest BCUT2D eigenvalue weighted by Crippen LogP contribution is 2.31. The lowest BCUT2D eigenvalue weighted by atomic mass is 9.89. The summed E-state index contributed by atoms with van der Waals surface area (Å²) in [5.41, 5.74) is 0.209. The third-order valence-electron chi connectivity index (χ3n) is 3.03. The SMILES string of the molecule is CC(C)Oc1cncc(C(C)(O)c2cccc(Cl)c2)c1. The summed E-state index contributed by atoms with van der Waals surface area (Å²) in [5, 5.41) is 11.4. The average molecular weight is 292 g/mol. The lowest BCUT2D eigenvalue weighted by Crippen LogP contribution is -2.23. The molecular formula is C16H18ClNO2. The number of ether oxygens (including phenoxy) is 1. The number of rotatable bonds is 4. The van der Waals surface area contributed by atoms with Crippen molar-refractivity contribution < 1.29 is 9.84 Å². The fourth-order valence-corrected chi connectivity index (χ4v) is 2.17. The summed E-state index contributed by atoms with van der Waals surface area (Å²) in [7, 11) is 0. The summed E-state index contributed by atoms with van der Waals surface area (Å²) >= 11 is 5.99. The Morgan fingerprint density at radius 1 is 1.20 bits per heavy atom. The normalized spacial score (nSPS) is 14.1. The van der Waals surface area contributed by atoms with E-state index in [2.05, 4.69) is 4.98 Å². The fraction of sp³-hybridized carbons (Fsp3) is 0.312. The van der Waals surface area contributed by atoms with Crippen LogP contribution in [0.15, 0.2) is 42.7 Å². The van der Waals surface area contributed by atoms with Gasteiger partial charge >= 0.3 is 0 Å². The maximum atomic E-state index is 10.8. The number of hydrogen-bond donors (Lipinski definition) is 1. The van der Waals surface area contributed by atoms with Gasteiger partial charge < -0.3 is 9.84 Å². The molecule has 2 aromatic rings. The molecule has 4 heteroatoms. The van der Waals surface area contributed by atoms with E-state index in [1.807, 2.05) is 26.0 Å². The molecule has 0 aliphatic carbocycles. The van der Waals surface area contributed by atoms with Crippen molar-refractivity contribution in [1.29, 1.82) is 0 Å². The first-order valence-corrected chi connectivity index (χ1v) is 6.88. The summed E-state index contributed by atoms with van der Waals surface area (Å²) in [6, 6.07) is 8.97. The summed E-state index contributed by atoms with van der Waals surface area (Å²) in [6.45, 7) is 5.61. The minimum absolute atomic E-state index is 0.0585. The molecule has 2 rings (SSSR count). The molecule has 1 atom stereocenters. The minimum atomic E-state index is -1.17. The van der Waals surface area contributed by atoms with Gasteiger partial charge in [-0.25, -0.2) is 0 Å². The van der Waals surface area contributed by atoms with Crippen LogP contribution < -0.4 is 4.74 Å². The average Bonchev–Trinajstić information content (AvgIpc) is 2.38. The van der Waals surface area contributed by atoms with E-state index in [1.54, 1.807) is 37.5 Å². The number of halogens is 1. The summed E-state index contributed by atoms with van der Waals surface area (Å²) in [4.78, 5) is 4.13. The van der Waals surface area contributed by atoms with Crippen LogP contribution in [-0.2, 0) is 5.60 Å². The topological polar surface area (TPSA) is 42.4 Å². The van der Waals surface area contributed by atoms with E-state index >= 15 is 0 Å². The van der Waals surface area contributed by atoms with Crippen molar-refractivity contribution in [3.8, 4) is 5.75 Å². The van der Waals surface area contributed by atoms with Crippen LogP contribution in [0.1, 0.15) is 31.9 Å². The first kappa shape index (κ1) is 14.8. The zero-order valence-corrected chi connectivity index (χ0v) is 12.6. The molecule has 1 aromatic carbocycles. The molecule has 1 N–H and O–H groups in total. The third-order valence-corrected chi connectivity index (χ3v) is 3.27. The van der Waals surface area contributed by atoms with Crippen molar-refractivity contribution in [1.82, 2.24) is 4.98 Å². The molecular weight excluding hydrogens is 274 g/mol. The number of pyridine rings is 1. The van der Waals surface area contributed by atoms with E-state index < -0.39 is 5.60 Å². The van der Waals surface area contributed by atoms with Gasteiger partial charge in [-0.15, -0.1) is 0 Å². The number of nitrogens with zero attached hydrogens (tertiary/aromatic N) is 1. The van der Waals surface area contributed by atoms with Crippen molar-refractivity contribution in [2.24, 2.45) is 0 Å². The highest BCUT2D eigenvalue weighted by Gasteiger charge is 2.26. The van der Waals surface area contributed by atoms with E-state index in [0.717, 1.165) is 0 Å². The Morgan fingerprint density at radius 2 is 1.95 bits per heavy atom. The van der Waals surface area contributed by atoms with Crippen molar-refractivity contribution in [3.63, 3.8) is 0 Å². The monoisotopic (exact) mass is 291 g/mol. The van der Waals surface area contributed by atoms with Gasteiger partial charge in [-0.3, -0.25) is 4.98 Å². The molecule has 1 aromatic heterocycles. The molecule has 0 fully saturated rings. The second-order valence-corrected chi connectivity index (χ2v) is 5.59. The third kappa shape index (κ3) is 3.30. The van der Waals surface area contributed by atoms with Crippen LogP contribution >= 0.6 is 11.6 Å². The Labute approximate surface area is 124 Å². The predicted molar refractivity (Wildman–Crippen MR) is 80.1 cm³/mol. The zero-order chi connectivity index (χ0) is 14.8. The summed E-state index contributed by atoms with van der Waals surface area (Å²) in [5.74, 6) is 0.639. The molecule has 0 spiro atoms.